The molecule has 2 aromatic carbocycles. The van der Waals surface area contributed by atoms with Gasteiger partial charge in [-0.1, -0.05) is 17.7 Å². The number of hydrogen-bond donors (Lipinski definition) is 2. The van der Waals surface area contributed by atoms with Crippen molar-refractivity contribution in [3.63, 3.8) is 0 Å². The minimum absolute atomic E-state index is 0.328. The van der Waals surface area contributed by atoms with Gasteiger partial charge in [0.15, 0.2) is 11.5 Å². The van der Waals surface area contributed by atoms with E-state index in [0.29, 0.717) is 34.5 Å². The molecule has 0 saturated heterocycles. The Morgan fingerprint density at radius 1 is 1.21 bits per heavy atom. The third-order valence-corrected chi connectivity index (χ3v) is 5.93. The number of benzene rings is 2. The van der Waals surface area contributed by atoms with E-state index < -0.39 is 12.0 Å². The second-order valence-electron chi connectivity index (χ2n) is 7.74. The maximum absolute atomic E-state index is 13.2. The van der Waals surface area contributed by atoms with Gasteiger partial charge in [0.05, 0.1) is 19.4 Å². The van der Waals surface area contributed by atoms with Gasteiger partial charge in [0.25, 0.3) is 5.91 Å². The van der Waals surface area contributed by atoms with E-state index in [4.69, 9.17) is 21.1 Å². The molecule has 172 valence electrons. The number of amides is 2. The lowest BCUT2D eigenvalue weighted by atomic mass is 9.81. The van der Waals surface area contributed by atoms with Crippen molar-refractivity contribution in [2.45, 2.75) is 25.8 Å². The van der Waals surface area contributed by atoms with Crippen molar-refractivity contribution in [2.75, 3.05) is 19.0 Å². The smallest absolute Gasteiger partial charge is 0.251 e. The van der Waals surface area contributed by atoms with Crippen LogP contribution >= 0.6 is 11.6 Å². The van der Waals surface area contributed by atoms with E-state index in [0.717, 1.165) is 16.8 Å². The van der Waals surface area contributed by atoms with Crippen LogP contribution in [0.5, 0.6) is 11.5 Å². The van der Waals surface area contributed by atoms with Gasteiger partial charge in [-0.25, -0.2) is 0 Å². The van der Waals surface area contributed by atoms with E-state index >= 15 is 0 Å². The molecule has 0 radical (unpaired) electrons. The highest BCUT2D eigenvalue weighted by atomic mass is 35.5. The number of anilines is 1. The van der Waals surface area contributed by atoms with Crippen LogP contribution < -0.4 is 20.1 Å². The van der Waals surface area contributed by atoms with Gasteiger partial charge < -0.3 is 20.1 Å². The molecule has 0 spiro atoms. The summed E-state index contributed by atoms with van der Waals surface area (Å²) in [5.41, 5.74) is 2.80. The molecule has 1 aliphatic heterocycles. The van der Waals surface area contributed by atoms with Gasteiger partial charge in [0.1, 0.15) is 11.9 Å². The molecule has 9 heteroatoms. The Hall–Kier alpha value is -3.52. The molecule has 33 heavy (non-hydrogen) atoms. The predicted octanol–water partition coefficient (Wildman–Crippen LogP) is 3.67. The summed E-state index contributed by atoms with van der Waals surface area (Å²) in [4.78, 5) is 26.2. The number of aromatic nitrogens is 2. The summed E-state index contributed by atoms with van der Waals surface area (Å²) in [5.74, 6) is 0.570. The van der Waals surface area contributed by atoms with Gasteiger partial charge in [-0.15, -0.1) is 0 Å². The van der Waals surface area contributed by atoms with Crippen LogP contribution in [0.15, 0.2) is 42.5 Å². The molecule has 0 saturated carbocycles. The summed E-state index contributed by atoms with van der Waals surface area (Å²) in [6.07, 6.45) is 0. The second-order valence-corrected chi connectivity index (χ2v) is 8.18. The maximum atomic E-state index is 13.2. The second kappa shape index (κ2) is 9.15. The topological polar surface area (TPSA) is 94.5 Å². The Morgan fingerprint density at radius 3 is 2.61 bits per heavy atom. The Morgan fingerprint density at radius 2 is 1.94 bits per heavy atom. The van der Waals surface area contributed by atoms with Gasteiger partial charge in [-0.05, 0) is 55.8 Å². The van der Waals surface area contributed by atoms with E-state index in [-0.39, 0.29) is 11.8 Å². The van der Waals surface area contributed by atoms with Crippen LogP contribution in [0, 0.1) is 6.92 Å². The first-order valence-electron chi connectivity index (χ1n) is 10.6. The highest BCUT2D eigenvalue weighted by Gasteiger charge is 2.41. The lowest BCUT2D eigenvalue weighted by molar-refractivity contribution is -0.118. The minimum Gasteiger partial charge on any atom is -0.493 e. The number of fused-ring (bicyclic) bond motifs is 1. The van der Waals surface area contributed by atoms with Crippen LogP contribution in [-0.2, 0) is 11.8 Å². The predicted molar refractivity (Wildman–Crippen MR) is 125 cm³/mol. The van der Waals surface area contributed by atoms with E-state index in [2.05, 4.69) is 15.7 Å². The van der Waals surface area contributed by atoms with Crippen LogP contribution in [-0.4, -0.2) is 41.4 Å². The van der Waals surface area contributed by atoms with E-state index in [9.17, 15) is 9.59 Å². The SMILES string of the molecule is CCOc1ccc([C@@H]2c3c(C)nn(C)c3NC(=O)[C@H]2NC(=O)c2ccc(Cl)cc2)cc1OC. The van der Waals surface area contributed by atoms with Crippen LogP contribution in [0.1, 0.15) is 40.0 Å². The average molecular weight is 469 g/mol. The monoisotopic (exact) mass is 468 g/mol. The van der Waals surface area contributed by atoms with Crippen LogP contribution in [0.4, 0.5) is 5.82 Å². The number of aryl methyl sites for hydroxylation is 2. The van der Waals surface area contributed by atoms with Gasteiger partial charge in [0, 0.05) is 29.1 Å². The number of ether oxygens (including phenoxy) is 2. The molecule has 0 unspecified atom stereocenters. The van der Waals surface area contributed by atoms with Gasteiger partial charge in [-0.2, -0.15) is 5.10 Å². The Balaban J connectivity index is 1.79. The normalized spacial score (nSPS) is 17.2. The van der Waals surface area contributed by atoms with Crippen molar-refractivity contribution in [2.24, 2.45) is 7.05 Å². The number of carbonyl (C=O) groups excluding carboxylic acids is 2. The summed E-state index contributed by atoms with van der Waals surface area (Å²) in [6.45, 7) is 4.27. The lowest BCUT2D eigenvalue weighted by Gasteiger charge is -2.33. The van der Waals surface area contributed by atoms with Crippen molar-refractivity contribution < 1.29 is 19.1 Å². The molecule has 1 aliphatic rings. The van der Waals surface area contributed by atoms with Crippen LogP contribution in [0.2, 0.25) is 5.02 Å². The molecule has 0 aliphatic carbocycles. The fourth-order valence-electron chi connectivity index (χ4n) is 4.19. The third kappa shape index (κ3) is 4.26. The molecule has 2 N–H and O–H groups in total. The summed E-state index contributed by atoms with van der Waals surface area (Å²) in [6, 6.07) is 11.2. The average Bonchev–Trinajstić information content (AvgIpc) is 3.08. The molecule has 8 nitrogen and oxygen atoms in total. The number of methoxy groups -OCH3 is 1. The molecule has 1 aromatic heterocycles. The Labute approximate surface area is 196 Å². The minimum atomic E-state index is -0.869. The van der Waals surface area contributed by atoms with Crippen LogP contribution in [0.3, 0.4) is 0 Å². The molecule has 2 heterocycles. The van der Waals surface area contributed by atoms with Crippen molar-refractivity contribution in [3.05, 3.63) is 69.9 Å². The van der Waals surface area contributed by atoms with Crippen molar-refractivity contribution in [1.29, 1.82) is 0 Å². The molecular weight excluding hydrogens is 444 g/mol. The number of rotatable bonds is 6. The van der Waals surface area contributed by atoms with Gasteiger partial charge in [0.2, 0.25) is 5.91 Å². The molecule has 3 aromatic rings. The first-order chi connectivity index (χ1) is 15.8. The highest BCUT2D eigenvalue weighted by Crippen LogP contribution is 2.41. The third-order valence-electron chi connectivity index (χ3n) is 5.68. The number of nitrogens with one attached hydrogen (secondary N) is 2. The van der Waals surface area contributed by atoms with Crippen LogP contribution in [0.25, 0.3) is 0 Å². The number of hydrogen-bond acceptors (Lipinski definition) is 5. The number of nitrogens with zero attached hydrogens (tertiary/aromatic N) is 2. The van der Waals surface area contributed by atoms with Crippen molar-refractivity contribution in [3.8, 4) is 11.5 Å². The molecule has 0 fully saturated rings. The zero-order valence-electron chi connectivity index (χ0n) is 18.8. The van der Waals surface area contributed by atoms with Gasteiger partial charge in [-0.3, -0.25) is 14.3 Å². The lowest BCUT2D eigenvalue weighted by Crippen LogP contribution is -2.50. The number of halogens is 1. The first kappa shape index (κ1) is 22.7. The quantitative estimate of drug-likeness (QED) is 0.575. The fourth-order valence-corrected chi connectivity index (χ4v) is 4.32. The molecule has 4 rings (SSSR count). The van der Waals surface area contributed by atoms with Crippen molar-refractivity contribution >= 4 is 29.2 Å². The molecule has 2 atom stereocenters. The largest absolute Gasteiger partial charge is 0.493 e. The summed E-state index contributed by atoms with van der Waals surface area (Å²) in [7, 11) is 3.34. The van der Waals surface area contributed by atoms with Crippen molar-refractivity contribution in [1.82, 2.24) is 15.1 Å². The zero-order valence-corrected chi connectivity index (χ0v) is 19.6. The maximum Gasteiger partial charge on any atom is 0.251 e. The Kier molecular flexibility index (Phi) is 6.29. The summed E-state index contributed by atoms with van der Waals surface area (Å²) in [5, 5.41) is 10.8. The van der Waals surface area contributed by atoms with E-state index in [1.54, 1.807) is 43.1 Å². The van der Waals surface area contributed by atoms with E-state index in [1.165, 1.54) is 0 Å². The van der Waals surface area contributed by atoms with Gasteiger partial charge >= 0.3 is 0 Å². The Bertz CT molecular complexity index is 1210. The zero-order chi connectivity index (χ0) is 23.7. The first-order valence-corrected chi connectivity index (χ1v) is 10.9. The number of carbonyl (C=O) groups is 2. The molecular formula is C24H25ClN4O4. The van der Waals surface area contributed by atoms with E-state index in [1.807, 2.05) is 32.0 Å². The standard InChI is InChI=1S/C24H25ClN4O4/c1-5-33-17-11-8-15(12-18(17)32-4)20-19-13(2)28-29(3)22(19)27-24(31)21(20)26-23(30)14-6-9-16(25)10-7-14/h6-12,20-21H,5H2,1-4H3,(H,26,30)(H,27,31)/t20-,21+/m1/s1. The molecule has 2 amide bonds. The highest BCUT2D eigenvalue weighted by molar-refractivity contribution is 6.30. The summed E-state index contributed by atoms with van der Waals surface area (Å²) >= 11 is 5.95. The fraction of sp³-hybridized carbons (Fsp3) is 0.292. The molecule has 0 bridgehead atoms. The summed E-state index contributed by atoms with van der Waals surface area (Å²) < 4.78 is 12.8.